The van der Waals surface area contributed by atoms with Gasteiger partial charge in [-0.2, -0.15) is 18.6 Å². The van der Waals surface area contributed by atoms with Gasteiger partial charge in [0.1, 0.15) is 10.6 Å². The largest absolute Gasteiger partial charge is 1.00 e. The van der Waals surface area contributed by atoms with E-state index in [4.69, 9.17) is 27.9 Å². The molecule has 4 aromatic rings. The molecular formula is C27H22Cl2N3NaO6S. The zero-order valence-electron chi connectivity index (χ0n) is 21.7. The standard InChI is InChI=1S/C27H23Cl2N3O6S.Na/c1-3-17-20(11-12-23(24(17)29)39(35,36)37)31-32-25-18-8-6-5-7-15(18)13-19(26(25)33)27(34)30-21-10-9-16(28)14-22(21)38-4-2;/h5-14,33H,3-4H2,1-2H3,(H,30,34)(H,35,36,37);/q;+1/p-1. The molecule has 4 aromatic carbocycles. The molecule has 0 aromatic heterocycles. The molecule has 0 bridgehead atoms. The molecule has 4 rings (SSSR count). The molecule has 0 aliphatic carbocycles. The van der Waals surface area contributed by atoms with Crippen LogP contribution in [0.2, 0.25) is 10.0 Å². The Hall–Kier alpha value is -2.70. The van der Waals surface area contributed by atoms with Crippen molar-refractivity contribution < 1.29 is 57.2 Å². The molecule has 0 saturated carbocycles. The Morgan fingerprint density at radius 2 is 1.77 bits per heavy atom. The monoisotopic (exact) mass is 609 g/mol. The number of benzene rings is 4. The molecule has 0 unspecified atom stereocenters. The number of fused-ring (bicyclic) bond motifs is 1. The van der Waals surface area contributed by atoms with Crippen LogP contribution in [0.5, 0.6) is 11.5 Å². The van der Waals surface area contributed by atoms with Gasteiger partial charge >= 0.3 is 29.6 Å². The van der Waals surface area contributed by atoms with Crippen molar-refractivity contribution in [1.82, 2.24) is 0 Å². The van der Waals surface area contributed by atoms with Crippen molar-refractivity contribution in [2.24, 2.45) is 10.2 Å². The zero-order valence-corrected chi connectivity index (χ0v) is 26.1. The van der Waals surface area contributed by atoms with Crippen molar-refractivity contribution in [3.63, 3.8) is 0 Å². The predicted molar refractivity (Wildman–Crippen MR) is 149 cm³/mol. The summed E-state index contributed by atoms with van der Waals surface area (Å²) in [5, 5.41) is 25.8. The van der Waals surface area contributed by atoms with Crippen LogP contribution in [-0.4, -0.2) is 25.5 Å². The summed E-state index contributed by atoms with van der Waals surface area (Å²) in [6.45, 7) is 3.85. The molecule has 0 radical (unpaired) electrons. The van der Waals surface area contributed by atoms with E-state index in [2.05, 4.69) is 15.5 Å². The van der Waals surface area contributed by atoms with Gasteiger partial charge in [-0.05, 0) is 54.6 Å². The van der Waals surface area contributed by atoms with Crippen LogP contribution in [0.1, 0.15) is 29.8 Å². The van der Waals surface area contributed by atoms with Gasteiger partial charge < -0.3 is 15.2 Å². The molecular weight excluding hydrogens is 588 g/mol. The second kappa shape index (κ2) is 13.3. The number of ether oxygens (including phenoxy) is 1. The molecule has 0 heterocycles. The molecule has 0 spiro atoms. The quantitative estimate of drug-likeness (QED) is 0.175. The second-order valence-corrected chi connectivity index (χ2v) is 10.5. The number of azo groups is 1. The maximum atomic E-state index is 13.5. The summed E-state index contributed by atoms with van der Waals surface area (Å²) in [5.41, 5.74) is 0.596. The van der Waals surface area contributed by atoms with Gasteiger partial charge in [-0.1, -0.05) is 60.1 Å². The Morgan fingerprint density at radius 3 is 2.45 bits per heavy atom. The van der Waals surface area contributed by atoms with Gasteiger partial charge in [-0.15, -0.1) is 0 Å². The van der Waals surface area contributed by atoms with E-state index in [9.17, 15) is 22.9 Å². The third-order valence-corrected chi connectivity index (χ3v) is 7.46. The molecule has 0 atom stereocenters. The molecule has 1 amide bonds. The number of carbonyl (C=O) groups is 1. The maximum Gasteiger partial charge on any atom is 1.00 e. The first-order chi connectivity index (χ1) is 18.5. The summed E-state index contributed by atoms with van der Waals surface area (Å²) in [6, 6.07) is 15.5. The van der Waals surface area contributed by atoms with Gasteiger partial charge in [0.25, 0.3) is 16.0 Å². The minimum absolute atomic E-state index is 0. The fraction of sp³-hybridized carbons (Fsp3) is 0.148. The Morgan fingerprint density at radius 1 is 1.05 bits per heavy atom. The number of rotatable bonds is 8. The zero-order chi connectivity index (χ0) is 28.3. The Labute approximate surface area is 263 Å². The number of amides is 1. The first-order valence-corrected chi connectivity index (χ1v) is 13.9. The minimum atomic E-state index is -4.55. The van der Waals surface area contributed by atoms with Crippen LogP contribution in [0.3, 0.4) is 0 Å². The van der Waals surface area contributed by atoms with Crippen molar-refractivity contribution in [2.45, 2.75) is 25.2 Å². The first kappa shape index (κ1) is 31.8. The number of hydrogen-bond donors (Lipinski definition) is 2. The summed E-state index contributed by atoms with van der Waals surface area (Å²) < 4.78 is 38.3. The first-order valence-electron chi connectivity index (χ1n) is 11.7. The summed E-state index contributed by atoms with van der Waals surface area (Å²) in [5.74, 6) is -0.996. The number of carbonyl (C=O) groups excluding carboxylic acids is 1. The number of halogens is 2. The van der Waals surface area contributed by atoms with E-state index >= 15 is 0 Å². The van der Waals surface area contributed by atoms with Crippen LogP contribution in [0, 0.1) is 0 Å². The van der Waals surface area contributed by atoms with Crippen molar-refractivity contribution >= 4 is 67.1 Å². The normalized spacial score (nSPS) is 11.4. The van der Waals surface area contributed by atoms with Gasteiger partial charge in [-0.25, -0.2) is 0 Å². The van der Waals surface area contributed by atoms with Crippen molar-refractivity contribution in [3.8, 4) is 11.5 Å². The molecule has 13 heteroatoms. The molecule has 40 heavy (non-hydrogen) atoms. The average molecular weight is 610 g/mol. The van der Waals surface area contributed by atoms with Crippen LogP contribution in [0.4, 0.5) is 17.1 Å². The number of hydrogen-bond acceptors (Lipinski definition) is 7. The number of nitrogens with zero attached hydrogens (tertiary/aromatic N) is 2. The molecule has 202 valence electrons. The average Bonchev–Trinajstić information content (AvgIpc) is 2.88. The topological polar surface area (TPSA) is 140 Å². The van der Waals surface area contributed by atoms with Crippen LogP contribution in [-0.2, 0) is 16.5 Å². The van der Waals surface area contributed by atoms with E-state index in [0.29, 0.717) is 39.4 Å². The Kier molecular flexibility index (Phi) is 10.6. The predicted octanol–water partition coefficient (Wildman–Crippen LogP) is 4.10. The van der Waals surface area contributed by atoms with E-state index in [1.54, 1.807) is 56.3 Å². The van der Waals surface area contributed by atoms with Crippen LogP contribution in [0.25, 0.3) is 10.8 Å². The van der Waals surface area contributed by atoms with Gasteiger partial charge in [-0.3, -0.25) is 9.35 Å². The maximum absolute atomic E-state index is 13.5. The molecule has 2 N–H and O–H groups in total. The SMILES string of the molecule is CCOc1cc(Cl)ccc1NC(=O)c1cc2ccccc2c(N=Nc2ccc(S(=O)(=O)O)c(Cl)c2CC)c1[O-].[Na+]. The van der Waals surface area contributed by atoms with E-state index in [-0.39, 0.29) is 57.9 Å². The van der Waals surface area contributed by atoms with Gasteiger partial charge in [0, 0.05) is 22.0 Å². The Bertz CT molecular complexity index is 1730. The van der Waals surface area contributed by atoms with E-state index < -0.39 is 26.7 Å². The number of nitrogens with one attached hydrogen (secondary N) is 1. The van der Waals surface area contributed by atoms with E-state index in [0.717, 1.165) is 6.07 Å². The van der Waals surface area contributed by atoms with Gasteiger partial charge in [0.2, 0.25) is 0 Å². The third kappa shape index (κ3) is 6.77. The molecule has 9 nitrogen and oxygen atoms in total. The molecule has 0 fully saturated rings. The molecule has 0 aliphatic heterocycles. The molecule has 0 saturated heterocycles. The van der Waals surface area contributed by atoms with E-state index in [1.165, 1.54) is 12.1 Å². The van der Waals surface area contributed by atoms with Crippen molar-refractivity contribution in [1.29, 1.82) is 0 Å². The summed E-state index contributed by atoms with van der Waals surface area (Å²) >= 11 is 12.3. The van der Waals surface area contributed by atoms with Gasteiger partial charge in [0.15, 0.2) is 0 Å². The van der Waals surface area contributed by atoms with Crippen LogP contribution >= 0.6 is 23.2 Å². The van der Waals surface area contributed by atoms with E-state index in [1.807, 2.05) is 0 Å². The van der Waals surface area contributed by atoms with Crippen molar-refractivity contribution in [3.05, 3.63) is 81.8 Å². The van der Waals surface area contributed by atoms with Crippen LogP contribution in [0.15, 0.2) is 75.8 Å². The fourth-order valence-electron chi connectivity index (χ4n) is 3.96. The summed E-state index contributed by atoms with van der Waals surface area (Å²) in [4.78, 5) is 12.8. The summed E-state index contributed by atoms with van der Waals surface area (Å²) in [7, 11) is -4.55. The molecule has 0 aliphatic rings. The smallest absolute Gasteiger partial charge is 0.870 e. The minimum Gasteiger partial charge on any atom is -0.870 e. The summed E-state index contributed by atoms with van der Waals surface area (Å²) in [6.07, 6.45) is 0.271. The van der Waals surface area contributed by atoms with Gasteiger partial charge in [0.05, 0.1) is 28.7 Å². The van der Waals surface area contributed by atoms with Crippen molar-refractivity contribution in [2.75, 3.05) is 11.9 Å². The van der Waals surface area contributed by atoms with Crippen LogP contribution < -0.4 is 44.7 Å². The fourth-order valence-corrected chi connectivity index (χ4v) is 5.30. The number of anilines is 1. The Balaban J connectivity index is 0.00000441. The third-order valence-electron chi connectivity index (χ3n) is 5.78. The second-order valence-electron chi connectivity index (χ2n) is 8.25.